The van der Waals surface area contributed by atoms with Crippen molar-refractivity contribution in [1.29, 1.82) is 0 Å². The molecule has 1 atom stereocenters. The maximum Gasteiger partial charge on any atom is 0.227 e. The Bertz CT molecular complexity index is 1020. The SMILES string of the molecule is CCc1nc2cc(N3CCC[C@H](C(=O)N(C)Cc4ccco4)C3)cnc2nc1CC. The third kappa shape index (κ3) is 4.15. The first-order chi connectivity index (χ1) is 14.6. The summed E-state index contributed by atoms with van der Waals surface area (Å²) in [4.78, 5) is 31.1. The molecule has 0 aliphatic carbocycles. The summed E-state index contributed by atoms with van der Waals surface area (Å²) in [5.41, 5.74) is 4.58. The molecule has 0 radical (unpaired) electrons. The minimum absolute atomic E-state index is 0.0332. The van der Waals surface area contributed by atoms with E-state index in [9.17, 15) is 4.79 Å². The number of anilines is 1. The van der Waals surface area contributed by atoms with Crippen molar-refractivity contribution in [1.82, 2.24) is 19.9 Å². The Morgan fingerprint density at radius 2 is 2.07 bits per heavy atom. The molecule has 1 aliphatic rings. The molecule has 3 aromatic rings. The van der Waals surface area contributed by atoms with Crippen molar-refractivity contribution in [3.05, 3.63) is 47.8 Å². The summed E-state index contributed by atoms with van der Waals surface area (Å²) in [6, 6.07) is 5.81. The molecule has 0 saturated carbocycles. The highest BCUT2D eigenvalue weighted by Crippen LogP contribution is 2.26. The predicted molar refractivity (Wildman–Crippen MR) is 116 cm³/mol. The number of rotatable bonds is 6. The van der Waals surface area contributed by atoms with Crippen LogP contribution in [0.1, 0.15) is 43.8 Å². The van der Waals surface area contributed by atoms with E-state index < -0.39 is 0 Å². The highest BCUT2D eigenvalue weighted by molar-refractivity contribution is 5.80. The summed E-state index contributed by atoms with van der Waals surface area (Å²) >= 11 is 0. The molecule has 158 valence electrons. The van der Waals surface area contributed by atoms with Gasteiger partial charge in [0.1, 0.15) is 11.3 Å². The Morgan fingerprint density at radius 1 is 1.27 bits per heavy atom. The summed E-state index contributed by atoms with van der Waals surface area (Å²) in [6.45, 7) is 6.30. The molecule has 1 aliphatic heterocycles. The van der Waals surface area contributed by atoms with Crippen molar-refractivity contribution in [2.45, 2.75) is 46.1 Å². The molecule has 1 saturated heterocycles. The average molecular weight is 408 g/mol. The molecule has 0 spiro atoms. The number of hydrogen-bond acceptors (Lipinski definition) is 6. The molecule has 4 rings (SSSR count). The summed E-state index contributed by atoms with van der Waals surface area (Å²) in [5, 5.41) is 0. The van der Waals surface area contributed by atoms with Crippen LogP contribution in [0.2, 0.25) is 0 Å². The lowest BCUT2D eigenvalue weighted by atomic mass is 9.96. The number of nitrogens with zero attached hydrogens (tertiary/aromatic N) is 5. The van der Waals surface area contributed by atoms with Crippen LogP contribution in [0.25, 0.3) is 11.2 Å². The van der Waals surface area contributed by atoms with Crippen LogP contribution in [0.5, 0.6) is 0 Å². The highest BCUT2D eigenvalue weighted by Gasteiger charge is 2.29. The van der Waals surface area contributed by atoms with Gasteiger partial charge in [0.25, 0.3) is 0 Å². The smallest absolute Gasteiger partial charge is 0.227 e. The number of hydrogen-bond donors (Lipinski definition) is 0. The van der Waals surface area contributed by atoms with Crippen molar-refractivity contribution in [3.63, 3.8) is 0 Å². The van der Waals surface area contributed by atoms with Crippen molar-refractivity contribution in [3.8, 4) is 0 Å². The van der Waals surface area contributed by atoms with Crippen LogP contribution in [0, 0.1) is 5.92 Å². The fraction of sp³-hybridized carbons (Fsp3) is 0.478. The van der Waals surface area contributed by atoms with Crippen LogP contribution in [0.3, 0.4) is 0 Å². The van der Waals surface area contributed by atoms with E-state index in [4.69, 9.17) is 14.4 Å². The van der Waals surface area contributed by atoms with Crippen LogP contribution >= 0.6 is 0 Å². The van der Waals surface area contributed by atoms with Gasteiger partial charge in [-0.3, -0.25) is 4.79 Å². The van der Waals surface area contributed by atoms with Gasteiger partial charge in [-0.2, -0.15) is 0 Å². The number of aromatic nitrogens is 3. The van der Waals surface area contributed by atoms with Crippen LogP contribution in [-0.2, 0) is 24.2 Å². The molecule has 1 fully saturated rings. The second kappa shape index (κ2) is 8.81. The topological polar surface area (TPSA) is 75.4 Å². The standard InChI is InChI=1S/C23H29N5O2/c1-4-19-20(5-2)26-22-21(25-19)12-17(13-24-22)28-10-6-8-16(14-28)23(29)27(3)15-18-9-7-11-30-18/h7,9,11-13,16H,4-6,8,10,14-15H2,1-3H3/t16-/m0/s1. The quantitative estimate of drug-likeness (QED) is 0.621. The molecule has 0 bridgehead atoms. The van der Waals surface area contributed by atoms with E-state index in [1.807, 2.05) is 25.4 Å². The van der Waals surface area contributed by atoms with E-state index >= 15 is 0 Å². The van der Waals surface area contributed by atoms with Gasteiger partial charge in [0.2, 0.25) is 5.91 Å². The number of pyridine rings is 1. The number of carbonyl (C=O) groups is 1. The largest absolute Gasteiger partial charge is 0.467 e. The van der Waals surface area contributed by atoms with Crippen LogP contribution in [0.4, 0.5) is 5.69 Å². The van der Waals surface area contributed by atoms with Crippen molar-refractivity contribution >= 4 is 22.8 Å². The Balaban J connectivity index is 1.51. The van der Waals surface area contributed by atoms with E-state index in [1.165, 1.54) is 0 Å². The van der Waals surface area contributed by atoms with Crippen LogP contribution < -0.4 is 4.90 Å². The Kier molecular flexibility index (Phi) is 5.97. The zero-order chi connectivity index (χ0) is 21.1. The Morgan fingerprint density at radius 3 is 2.80 bits per heavy atom. The lowest BCUT2D eigenvalue weighted by molar-refractivity contribution is -0.135. The lowest BCUT2D eigenvalue weighted by Gasteiger charge is -2.35. The second-order valence-electron chi connectivity index (χ2n) is 7.92. The van der Waals surface area contributed by atoms with E-state index in [-0.39, 0.29) is 11.8 Å². The summed E-state index contributed by atoms with van der Waals surface area (Å²) in [6.07, 6.45) is 7.10. The zero-order valence-electron chi connectivity index (χ0n) is 18.0. The van der Waals surface area contributed by atoms with Crippen LogP contribution in [-0.4, -0.2) is 45.9 Å². The van der Waals surface area contributed by atoms with Gasteiger partial charge < -0.3 is 14.2 Å². The molecule has 0 unspecified atom stereocenters. The first-order valence-electron chi connectivity index (χ1n) is 10.8. The fourth-order valence-electron chi connectivity index (χ4n) is 4.18. The van der Waals surface area contributed by atoms with Crippen molar-refractivity contribution < 1.29 is 9.21 Å². The second-order valence-corrected chi connectivity index (χ2v) is 7.92. The van der Waals surface area contributed by atoms with Gasteiger partial charge in [0, 0.05) is 20.1 Å². The molecular weight excluding hydrogens is 378 g/mol. The van der Waals surface area contributed by atoms with Gasteiger partial charge in [0.05, 0.1) is 42.0 Å². The predicted octanol–water partition coefficient (Wildman–Crippen LogP) is 3.62. The monoisotopic (exact) mass is 407 g/mol. The number of piperidine rings is 1. The van der Waals surface area contributed by atoms with E-state index in [0.717, 1.165) is 60.6 Å². The molecule has 1 amide bonds. The van der Waals surface area contributed by atoms with Gasteiger partial charge in [-0.15, -0.1) is 0 Å². The maximum absolute atomic E-state index is 13.0. The zero-order valence-corrected chi connectivity index (χ0v) is 18.0. The molecule has 0 N–H and O–H groups in total. The van der Waals surface area contributed by atoms with E-state index in [2.05, 4.69) is 29.8 Å². The number of furan rings is 1. The normalized spacial score (nSPS) is 16.8. The molecule has 0 aromatic carbocycles. The number of aryl methyl sites for hydroxylation is 2. The van der Waals surface area contributed by atoms with E-state index in [1.54, 1.807) is 11.2 Å². The molecule has 4 heterocycles. The third-order valence-electron chi connectivity index (χ3n) is 5.82. The first kappa shape index (κ1) is 20.3. The number of carbonyl (C=O) groups excluding carboxylic acids is 1. The van der Waals surface area contributed by atoms with Gasteiger partial charge >= 0.3 is 0 Å². The molecule has 30 heavy (non-hydrogen) atoms. The van der Waals surface area contributed by atoms with Gasteiger partial charge in [0.15, 0.2) is 5.65 Å². The highest BCUT2D eigenvalue weighted by atomic mass is 16.3. The lowest BCUT2D eigenvalue weighted by Crippen LogP contribution is -2.43. The van der Waals surface area contributed by atoms with Gasteiger partial charge in [-0.1, -0.05) is 13.8 Å². The van der Waals surface area contributed by atoms with Gasteiger partial charge in [-0.25, -0.2) is 15.0 Å². The van der Waals surface area contributed by atoms with E-state index in [0.29, 0.717) is 18.7 Å². The fourth-order valence-corrected chi connectivity index (χ4v) is 4.18. The average Bonchev–Trinajstić information content (AvgIpc) is 3.30. The number of fused-ring (bicyclic) bond motifs is 1. The summed E-state index contributed by atoms with van der Waals surface area (Å²) < 4.78 is 5.38. The number of amides is 1. The summed E-state index contributed by atoms with van der Waals surface area (Å²) in [5.74, 6) is 0.925. The minimum Gasteiger partial charge on any atom is -0.467 e. The molecule has 3 aromatic heterocycles. The van der Waals surface area contributed by atoms with Crippen molar-refractivity contribution in [2.24, 2.45) is 5.92 Å². The first-order valence-corrected chi connectivity index (χ1v) is 10.8. The Hall–Kier alpha value is -2.96. The third-order valence-corrected chi connectivity index (χ3v) is 5.82. The van der Waals surface area contributed by atoms with Crippen LogP contribution in [0.15, 0.2) is 35.1 Å². The molecule has 7 heteroatoms. The summed E-state index contributed by atoms with van der Waals surface area (Å²) in [7, 11) is 1.84. The maximum atomic E-state index is 13.0. The Labute approximate surface area is 177 Å². The van der Waals surface area contributed by atoms with Crippen molar-refractivity contribution in [2.75, 3.05) is 25.0 Å². The molecular formula is C23H29N5O2. The molecule has 7 nitrogen and oxygen atoms in total. The van der Waals surface area contributed by atoms with Gasteiger partial charge in [-0.05, 0) is 43.9 Å². The minimum atomic E-state index is -0.0332.